The van der Waals surface area contributed by atoms with Gasteiger partial charge in [0.1, 0.15) is 0 Å². The highest BCUT2D eigenvalue weighted by atomic mass is 16.2. The zero-order chi connectivity index (χ0) is 21.1. The first-order valence-corrected chi connectivity index (χ1v) is 9.95. The number of hydrogen-bond donors (Lipinski definition) is 1. The summed E-state index contributed by atoms with van der Waals surface area (Å²) >= 11 is 0. The van der Waals surface area contributed by atoms with Gasteiger partial charge in [0, 0.05) is 12.1 Å². The normalized spacial score (nSPS) is 10.8. The SMILES string of the molecule is Cc1ccc(-c2nc(C(=O)NCc3ccccc3)nn2-c2ccc(C)cc2C)cc1. The molecule has 0 radical (unpaired) electrons. The van der Waals surface area contributed by atoms with Crippen LogP contribution in [0.25, 0.3) is 17.1 Å². The van der Waals surface area contributed by atoms with Crippen LogP contribution in [0, 0.1) is 20.8 Å². The fourth-order valence-electron chi connectivity index (χ4n) is 3.37. The van der Waals surface area contributed by atoms with E-state index in [1.807, 2.05) is 80.6 Å². The highest BCUT2D eigenvalue weighted by molar-refractivity contribution is 5.91. The number of nitrogens with zero attached hydrogens (tertiary/aromatic N) is 3. The third kappa shape index (κ3) is 4.15. The lowest BCUT2D eigenvalue weighted by molar-refractivity contribution is 0.0940. The average molecular weight is 396 g/mol. The molecule has 150 valence electrons. The molecule has 0 aliphatic rings. The summed E-state index contributed by atoms with van der Waals surface area (Å²) in [6, 6.07) is 24.0. The maximum absolute atomic E-state index is 12.8. The van der Waals surface area contributed by atoms with Crippen molar-refractivity contribution in [2.24, 2.45) is 0 Å². The van der Waals surface area contributed by atoms with Gasteiger partial charge in [0.15, 0.2) is 5.82 Å². The maximum atomic E-state index is 12.8. The highest BCUT2D eigenvalue weighted by Crippen LogP contribution is 2.24. The zero-order valence-electron chi connectivity index (χ0n) is 17.4. The molecule has 0 aliphatic heterocycles. The van der Waals surface area contributed by atoms with Gasteiger partial charge in [-0.05, 0) is 38.0 Å². The van der Waals surface area contributed by atoms with E-state index in [-0.39, 0.29) is 11.7 Å². The molecule has 4 aromatic rings. The highest BCUT2D eigenvalue weighted by Gasteiger charge is 2.19. The molecule has 0 saturated carbocycles. The standard InChI is InChI=1S/C25H24N4O/c1-17-9-12-21(13-10-17)24-27-23(25(30)26-16-20-7-5-4-6-8-20)28-29(24)22-14-11-18(2)15-19(22)3/h4-15H,16H2,1-3H3,(H,26,30). The summed E-state index contributed by atoms with van der Waals surface area (Å²) in [6.45, 7) is 6.57. The molecule has 0 fully saturated rings. The number of rotatable bonds is 5. The monoisotopic (exact) mass is 396 g/mol. The largest absolute Gasteiger partial charge is 0.345 e. The maximum Gasteiger partial charge on any atom is 0.291 e. The molecule has 0 aliphatic carbocycles. The summed E-state index contributed by atoms with van der Waals surface area (Å²) in [6.07, 6.45) is 0. The van der Waals surface area contributed by atoms with Crippen LogP contribution in [0.4, 0.5) is 0 Å². The molecule has 0 saturated heterocycles. The van der Waals surface area contributed by atoms with Crippen molar-refractivity contribution < 1.29 is 4.79 Å². The lowest BCUT2D eigenvalue weighted by Crippen LogP contribution is -2.24. The van der Waals surface area contributed by atoms with Crippen molar-refractivity contribution in [2.75, 3.05) is 0 Å². The number of aryl methyl sites for hydroxylation is 3. The topological polar surface area (TPSA) is 59.8 Å². The van der Waals surface area contributed by atoms with E-state index in [4.69, 9.17) is 0 Å². The van der Waals surface area contributed by atoms with Crippen LogP contribution in [0.2, 0.25) is 0 Å². The first kappa shape index (κ1) is 19.6. The molecule has 1 amide bonds. The Labute approximate surface area is 176 Å². The van der Waals surface area contributed by atoms with Gasteiger partial charge < -0.3 is 5.32 Å². The number of carbonyl (C=O) groups excluding carboxylic acids is 1. The molecular formula is C25H24N4O. The number of nitrogens with one attached hydrogen (secondary N) is 1. The molecule has 1 N–H and O–H groups in total. The van der Waals surface area contributed by atoms with Gasteiger partial charge in [0.2, 0.25) is 5.82 Å². The van der Waals surface area contributed by atoms with Gasteiger partial charge in [-0.1, -0.05) is 77.9 Å². The van der Waals surface area contributed by atoms with Crippen molar-refractivity contribution in [2.45, 2.75) is 27.3 Å². The molecule has 5 nitrogen and oxygen atoms in total. The van der Waals surface area contributed by atoms with Crippen molar-refractivity contribution >= 4 is 5.91 Å². The second-order valence-electron chi connectivity index (χ2n) is 7.50. The number of hydrogen-bond acceptors (Lipinski definition) is 3. The van der Waals surface area contributed by atoms with Gasteiger partial charge in [0.05, 0.1) is 5.69 Å². The van der Waals surface area contributed by atoms with Gasteiger partial charge in [-0.2, -0.15) is 0 Å². The quantitative estimate of drug-likeness (QED) is 0.528. The van der Waals surface area contributed by atoms with Gasteiger partial charge in [0.25, 0.3) is 5.91 Å². The fourth-order valence-corrected chi connectivity index (χ4v) is 3.37. The zero-order valence-corrected chi connectivity index (χ0v) is 17.4. The molecule has 0 bridgehead atoms. The van der Waals surface area contributed by atoms with E-state index in [2.05, 4.69) is 28.4 Å². The summed E-state index contributed by atoms with van der Waals surface area (Å²) < 4.78 is 1.76. The Morgan fingerprint density at radius 2 is 1.60 bits per heavy atom. The lowest BCUT2D eigenvalue weighted by atomic mass is 10.1. The summed E-state index contributed by atoms with van der Waals surface area (Å²) in [4.78, 5) is 17.4. The predicted octanol–water partition coefficient (Wildman–Crippen LogP) is 4.79. The van der Waals surface area contributed by atoms with Crippen LogP contribution < -0.4 is 5.32 Å². The van der Waals surface area contributed by atoms with Crippen molar-refractivity contribution in [1.82, 2.24) is 20.1 Å². The molecule has 0 unspecified atom stereocenters. The first-order valence-electron chi connectivity index (χ1n) is 9.95. The van der Waals surface area contributed by atoms with Crippen molar-refractivity contribution in [3.05, 3.63) is 101 Å². The minimum absolute atomic E-state index is 0.154. The van der Waals surface area contributed by atoms with Crippen LogP contribution in [-0.2, 0) is 6.54 Å². The van der Waals surface area contributed by atoms with Crippen molar-refractivity contribution in [3.8, 4) is 17.1 Å². The molecule has 0 atom stereocenters. The Kier molecular flexibility index (Phi) is 5.44. The van der Waals surface area contributed by atoms with Crippen LogP contribution in [0.3, 0.4) is 0 Å². The van der Waals surface area contributed by atoms with E-state index in [1.165, 1.54) is 5.56 Å². The Morgan fingerprint density at radius 1 is 0.900 bits per heavy atom. The van der Waals surface area contributed by atoms with Crippen LogP contribution in [0.5, 0.6) is 0 Å². The molecule has 1 heterocycles. The van der Waals surface area contributed by atoms with Crippen molar-refractivity contribution in [1.29, 1.82) is 0 Å². The number of carbonyl (C=O) groups is 1. The van der Waals surface area contributed by atoms with Crippen LogP contribution in [-0.4, -0.2) is 20.7 Å². The van der Waals surface area contributed by atoms with Crippen molar-refractivity contribution in [3.63, 3.8) is 0 Å². The Bertz CT molecular complexity index is 1180. The van der Waals surface area contributed by atoms with E-state index >= 15 is 0 Å². The summed E-state index contributed by atoms with van der Waals surface area (Å²) in [5.41, 5.74) is 6.26. The van der Waals surface area contributed by atoms with E-state index in [9.17, 15) is 4.79 Å². The molecule has 5 heteroatoms. The number of aromatic nitrogens is 3. The molecule has 0 spiro atoms. The van der Waals surface area contributed by atoms with Gasteiger partial charge >= 0.3 is 0 Å². The lowest BCUT2D eigenvalue weighted by Gasteiger charge is -2.10. The van der Waals surface area contributed by atoms with Crippen LogP contribution in [0.1, 0.15) is 32.9 Å². The third-order valence-electron chi connectivity index (χ3n) is 5.00. The number of benzene rings is 3. The van der Waals surface area contributed by atoms with E-state index in [1.54, 1.807) is 4.68 Å². The predicted molar refractivity (Wildman–Crippen MR) is 119 cm³/mol. The first-order chi connectivity index (χ1) is 14.5. The van der Waals surface area contributed by atoms with Crippen LogP contribution >= 0.6 is 0 Å². The Hall–Kier alpha value is -3.73. The minimum atomic E-state index is -0.296. The summed E-state index contributed by atoms with van der Waals surface area (Å²) in [5, 5.41) is 7.49. The third-order valence-corrected chi connectivity index (χ3v) is 5.00. The van der Waals surface area contributed by atoms with E-state index in [0.29, 0.717) is 12.4 Å². The van der Waals surface area contributed by atoms with Gasteiger partial charge in [-0.15, -0.1) is 5.10 Å². The van der Waals surface area contributed by atoms with E-state index in [0.717, 1.165) is 27.9 Å². The second-order valence-corrected chi connectivity index (χ2v) is 7.50. The smallest absolute Gasteiger partial charge is 0.291 e. The van der Waals surface area contributed by atoms with Gasteiger partial charge in [-0.3, -0.25) is 4.79 Å². The Balaban J connectivity index is 1.71. The van der Waals surface area contributed by atoms with Crippen LogP contribution in [0.15, 0.2) is 72.8 Å². The molecule has 1 aromatic heterocycles. The summed E-state index contributed by atoms with van der Waals surface area (Å²) in [5.74, 6) is 0.504. The minimum Gasteiger partial charge on any atom is -0.345 e. The fraction of sp³-hybridized carbons (Fsp3) is 0.160. The summed E-state index contributed by atoms with van der Waals surface area (Å²) in [7, 11) is 0. The molecule has 4 rings (SSSR count). The Morgan fingerprint density at radius 3 is 2.30 bits per heavy atom. The molecule has 3 aromatic carbocycles. The molecular weight excluding hydrogens is 372 g/mol. The van der Waals surface area contributed by atoms with Gasteiger partial charge in [-0.25, -0.2) is 9.67 Å². The number of amides is 1. The second kappa shape index (κ2) is 8.33. The molecule has 30 heavy (non-hydrogen) atoms. The average Bonchev–Trinajstić information content (AvgIpc) is 3.18. The van der Waals surface area contributed by atoms with E-state index < -0.39 is 0 Å².